The van der Waals surface area contributed by atoms with Gasteiger partial charge in [0.2, 0.25) is 0 Å². The minimum absolute atomic E-state index is 0.800. The lowest BCUT2D eigenvalue weighted by atomic mass is 10.1. The highest BCUT2D eigenvalue weighted by atomic mass is 14.9. The van der Waals surface area contributed by atoms with Crippen LogP contribution in [0.5, 0.6) is 0 Å². The molecule has 0 bridgehead atoms. The quantitative estimate of drug-likeness (QED) is 0.818. The third-order valence-corrected chi connectivity index (χ3v) is 2.72. The predicted molar refractivity (Wildman–Crippen MR) is 74.2 cm³/mol. The maximum Gasteiger partial charge on any atom is 0.159 e. The van der Waals surface area contributed by atoms with Crippen molar-refractivity contribution < 1.29 is 0 Å². The number of aromatic nitrogens is 2. The Morgan fingerprint density at radius 3 is 2.89 bits per heavy atom. The van der Waals surface area contributed by atoms with Crippen molar-refractivity contribution in [2.75, 3.05) is 6.54 Å². The Morgan fingerprint density at radius 1 is 1.22 bits per heavy atom. The molecule has 0 aliphatic heterocycles. The van der Waals surface area contributed by atoms with Gasteiger partial charge in [-0.2, -0.15) is 0 Å². The van der Waals surface area contributed by atoms with Crippen LogP contribution in [0.2, 0.25) is 0 Å². The van der Waals surface area contributed by atoms with Gasteiger partial charge in [0.15, 0.2) is 5.82 Å². The van der Waals surface area contributed by atoms with Gasteiger partial charge in [-0.3, -0.25) is 0 Å². The first-order valence-electron chi connectivity index (χ1n) is 6.39. The SMILES string of the molecule is CCCNCc1ccnc(-c2cccc(C)c2)n1. The monoisotopic (exact) mass is 241 g/mol. The Hall–Kier alpha value is -1.74. The Bertz CT molecular complexity index is 509. The van der Waals surface area contributed by atoms with E-state index < -0.39 is 0 Å². The fourth-order valence-corrected chi connectivity index (χ4v) is 1.81. The average Bonchev–Trinajstić information content (AvgIpc) is 2.39. The van der Waals surface area contributed by atoms with E-state index in [4.69, 9.17) is 0 Å². The molecule has 94 valence electrons. The standard InChI is InChI=1S/C15H19N3/c1-3-8-16-11-14-7-9-17-15(18-14)13-6-4-5-12(2)10-13/h4-7,9-10,16H,3,8,11H2,1-2H3. The molecule has 1 aromatic heterocycles. The van der Waals surface area contributed by atoms with E-state index in [9.17, 15) is 0 Å². The Kier molecular flexibility index (Phi) is 4.42. The van der Waals surface area contributed by atoms with Crippen molar-refractivity contribution in [1.82, 2.24) is 15.3 Å². The molecule has 0 fully saturated rings. The third-order valence-electron chi connectivity index (χ3n) is 2.72. The molecule has 3 heteroatoms. The van der Waals surface area contributed by atoms with Crippen LogP contribution in [-0.2, 0) is 6.54 Å². The highest BCUT2D eigenvalue weighted by Gasteiger charge is 2.02. The fourth-order valence-electron chi connectivity index (χ4n) is 1.81. The van der Waals surface area contributed by atoms with Gasteiger partial charge in [-0.25, -0.2) is 9.97 Å². The number of benzene rings is 1. The Morgan fingerprint density at radius 2 is 2.11 bits per heavy atom. The Balaban J connectivity index is 2.16. The van der Waals surface area contributed by atoms with Crippen molar-refractivity contribution >= 4 is 0 Å². The number of nitrogens with zero attached hydrogens (tertiary/aromatic N) is 2. The molecule has 2 rings (SSSR count). The van der Waals surface area contributed by atoms with Gasteiger partial charge in [-0.1, -0.05) is 30.7 Å². The molecule has 0 spiro atoms. The highest BCUT2D eigenvalue weighted by Crippen LogP contribution is 2.15. The minimum Gasteiger partial charge on any atom is -0.311 e. The molecule has 0 aliphatic rings. The van der Waals surface area contributed by atoms with E-state index in [2.05, 4.69) is 41.3 Å². The van der Waals surface area contributed by atoms with Gasteiger partial charge in [0.1, 0.15) is 0 Å². The van der Waals surface area contributed by atoms with Gasteiger partial charge in [0.25, 0.3) is 0 Å². The second-order valence-corrected chi connectivity index (χ2v) is 4.42. The molecule has 2 aromatic rings. The van der Waals surface area contributed by atoms with Gasteiger partial charge in [-0.15, -0.1) is 0 Å². The topological polar surface area (TPSA) is 37.8 Å². The number of hydrogen-bond donors (Lipinski definition) is 1. The summed E-state index contributed by atoms with van der Waals surface area (Å²) in [5, 5.41) is 3.35. The van der Waals surface area contributed by atoms with Crippen molar-refractivity contribution in [3.8, 4) is 11.4 Å². The second-order valence-electron chi connectivity index (χ2n) is 4.42. The maximum absolute atomic E-state index is 4.58. The number of nitrogens with one attached hydrogen (secondary N) is 1. The van der Waals surface area contributed by atoms with E-state index in [1.807, 2.05) is 24.4 Å². The minimum atomic E-state index is 0.800. The van der Waals surface area contributed by atoms with E-state index >= 15 is 0 Å². The first-order chi connectivity index (χ1) is 8.79. The average molecular weight is 241 g/mol. The summed E-state index contributed by atoms with van der Waals surface area (Å²) in [4.78, 5) is 8.92. The van der Waals surface area contributed by atoms with E-state index in [0.29, 0.717) is 0 Å². The normalized spacial score (nSPS) is 10.6. The largest absolute Gasteiger partial charge is 0.311 e. The molecule has 3 nitrogen and oxygen atoms in total. The number of rotatable bonds is 5. The van der Waals surface area contributed by atoms with Crippen LogP contribution in [0.4, 0.5) is 0 Å². The third kappa shape index (κ3) is 3.37. The van der Waals surface area contributed by atoms with Crippen molar-refractivity contribution in [2.24, 2.45) is 0 Å². The van der Waals surface area contributed by atoms with Gasteiger partial charge in [-0.05, 0) is 32.0 Å². The molecule has 0 amide bonds. The summed E-state index contributed by atoms with van der Waals surface area (Å²) >= 11 is 0. The molecule has 18 heavy (non-hydrogen) atoms. The molecular formula is C15H19N3. The molecule has 0 atom stereocenters. The van der Waals surface area contributed by atoms with Crippen molar-refractivity contribution in [3.63, 3.8) is 0 Å². The van der Waals surface area contributed by atoms with Crippen molar-refractivity contribution in [2.45, 2.75) is 26.8 Å². The molecule has 0 aliphatic carbocycles. The van der Waals surface area contributed by atoms with Crippen LogP contribution >= 0.6 is 0 Å². The molecule has 0 unspecified atom stereocenters. The summed E-state index contributed by atoms with van der Waals surface area (Å²) in [6, 6.07) is 10.2. The van der Waals surface area contributed by atoms with Crippen molar-refractivity contribution in [1.29, 1.82) is 0 Å². The van der Waals surface area contributed by atoms with Crippen LogP contribution in [0.15, 0.2) is 36.5 Å². The molecule has 1 heterocycles. The lowest BCUT2D eigenvalue weighted by molar-refractivity contribution is 0.663. The summed E-state index contributed by atoms with van der Waals surface area (Å²) in [6.45, 7) is 6.06. The summed E-state index contributed by atoms with van der Waals surface area (Å²) in [7, 11) is 0. The van der Waals surface area contributed by atoms with Crippen LogP contribution in [-0.4, -0.2) is 16.5 Å². The summed E-state index contributed by atoms with van der Waals surface area (Å²) in [5.74, 6) is 0.800. The number of aryl methyl sites for hydroxylation is 1. The van der Waals surface area contributed by atoms with E-state index in [1.165, 1.54) is 5.56 Å². The molecule has 0 radical (unpaired) electrons. The van der Waals surface area contributed by atoms with Gasteiger partial charge >= 0.3 is 0 Å². The van der Waals surface area contributed by atoms with Crippen LogP contribution < -0.4 is 5.32 Å². The summed E-state index contributed by atoms with van der Waals surface area (Å²) in [6.07, 6.45) is 2.96. The zero-order valence-corrected chi connectivity index (χ0v) is 11.0. The first-order valence-corrected chi connectivity index (χ1v) is 6.39. The smallest absolute Gasteiger partial charge is 0.159 e. The molecule has 0 saturated carbocycles. The second kappa shape index (κ2) is 6.26. The zero-order chi connectivity index (χ0) is 12.8. The molecule has 1 aromatic carbocycles. The summed E-state index contributed by atoms with van der Waals surface area (Å²) < 4.78 is 0. The zero-order valence-electron chi connectivity index (χ0n) is 11.0. The maximum atomic E-state index is 4.58. The Labute approximate surface area is 108 Å². The lowest BCUT2D eigenvalue weighted by Crippen LogP contribution is -2.15. The van der Waals surface area contributed by atoms with Crippen LogP contribution in [0.1, 0.15) is 24.6 Å². The van der Waals surface area contributed by atoms with Crippen LogP contribution in [0, 0.1) is 6.92 Å². The van der Waals surface area contributed by atoms with E-state index in [1.54, 1.807) is 0 Å². The predicted octanol–water partition coefficient (Wildman–Crippen LogP) is 2.95. The first kappa shape index (κ1) is 12.7. The highest BCUT2D eigenvalue weighted by molar-refractivity contribution is 5.55. The van der Waals surface area contributed by atoms with E-state index in [-0.39, 0.29) is 0 Å². The number of hydrogen-bond acceptors (Lipinski definition) is 3. The fraction of sp³-hybridized carbons (Fsp3) is 0.333. The summed E-state index contributed by atoms with van der Waals surface area (Å²) in [5.41, 5.74) is 3.34. The van der Waals surface area contributed by atoms with E-state index in [0.717, 1.165) is 36.6 Å². The van der Waals surface area contributed by atoms with Crippen LogP contribution in [0.25, 0.3) is 11.4 Å². The molecule has 1 N–H and O–H groups in total. The lowest BCUT2D eigenvalue weighted by Gasteiger charge is -2.05. The van der Waals surface area contributed by atoms with Crippen LogP contribution in [0.3, 0.4) is 0 Å². The molecule has 0 saturated heterocycles. The van der Waals surface area contributed by atoms with Gasteiger partial charge < -0.3 is 5.32 Å². The van der Waals surface area contributed by atoms with Gasteiger partial charge in [0.05, 0.1) is 5.69 Å². The van der Waals surface area contributed by atoms with Crippen molar-refractivity contribution in [3.05, 3.63) is 47.8 Å². The molecular weight excluding hydrogens is 222 g/mol. The van der Waals surface area contributed by atoms with Gasteiger partial charge in [0, 0.05) is 18.3 Å².